The number of aromatic nitrogens is 1. The van der Waals surface area contributed by atoms with Crippen molar-refractivity contribution >= 4 is 17.2 Å². The maximum absolute atomic E-state index is 12.5. The Morgan fingerprint density at radius 2 is 2.19 bits per heavy atom. The van der Waals surface area contributed by atoms with Gasteiger partial charge in [-0.1, -0.05) is 6.92 Å². The molecule has 1 aromatic heterocycles. The summed E-state index contributed by atoms with van der Waals surface area (Å²) in [5.74, 6) is 0.201. The predicted octanol–water partition coefficient (Wildman–Crippen LogP) is 2.90. The second-order valence-electron chi connectivity index (χ2n) is 6.52. The number of rotatable bonds is 2. The van der Waals surface area contributed by atoms with Crippen LogP contribution in [0, 0.1) is 6.92 Å². The molecule has 116 valence electrons. The molecule has 0 aromatic carbocycles. The van der Waals surface area contributed by atoms with Crippen LogP contribution in [-0.2, 0) is 14.9 Å². The molecule has 1 aromatic rings. The molecule has 0 unspecified atom stereocenters. The highest BCUT2D eigenvalue weighted by molar-refractivity contribution is 7.11. The van der Waals surface area contributed by atoms with Gasteiger partial charge in [0.05, 0.1) is 5.01 Å². The van der Waals surface area contributed by atoms with Gasteiger partial charge < -0.3 is 9.64 Å². The largest absolute Gasteiger partial charge is 0.368 e. The zero-order valence-electron chi connectivity index (χ0n) is 12.9. The molecule has 2 aliphatic rings. The second-order valence-corrected chi connectivity index (χ2v) is 7.75. The number of piperidine rings is 1. The van der Waals surface area contributed by atoms with Crippen molar-refractivity contribution < 1.29 is 9.53 Å². The Morgan fingerprint density at radius 1 is 1.43 bits per heavy atom. The second kappa shape index (κ2) is 6.05. The summed E-state index contributed by atoms with van der Waals surface area (Å²) in [5.41, 5.74) is 0.128. The van der Waals surface area contributed by atoms with Crippen LogP contribution in [0.1, 0.15) is 48.9 Å². The topological polar surface area (TPSA) is 42.4 Å². The Hall–Kier alpha value is -0.940. The molecule has 0 aliphatic carbocycles. The van der Waals surface area contributed by atoms with Gasteiger partial charge in [-0.2, -0.15) is 0 Å². The van der Waals surface area contributed by atoms with Crippen LogP contribution in [0.4, 0.5) is 0 Å². The van der Waals surface area contributed by atoms with Crippen molar-refractivity contribution in [1.29, 1.82) is 0 Å². The lowest BCUT2D eigenvalue weighted by Gasteiger charge is -2.39. The van der Waals surface area contributed by atoms with Crippen LogP contribution in [0.5, 0.6) is 0 Å². The van der Waals surface area contributed by atoms with E-state index in [1.807, 2.05) is 11.1 Å². The zero-order valence-corrected chi connectivity index (χ0v) is 13.7. The number of amides is 1. The summed E-state index contributed by atoms with van der Waals surface area (Å²) in [6.45, 7) is 6.77. The van der Waals surface area contributed by atoms with Gasteiger partial charge >= 0.3 is 0 Å². The minimum absolute atomic E-state index is 0.128. The van der Waals surface area contributed by atoms with Crippen LogP contribution < -0.4 is 0 Å². The summed E-state index contributed by atoms with van der Waals surface area (Å²) >= 11 is 1.79. The van der Waals surface area contributed by atoms with Gasteiger partial charge in [-0.3, -0.25) is 4.79 Å². The van der Waals surface area contributed by atoms with Crippen LogP contribution in [-0.4, -0.2) is 41.6 Å². The van der Waals surface area contributed by atoms with Crippen molar-refractivity contribution in [3.8, 4) is 0 Å². The number of carbonyl (C=O) groups is 1. The Bertz CT molecular complexity index is 500. The summed E-state index contributed by atoms with van der Waals surface area (Å²) in [6, 6.07) is 0. The number of carbonyl (C=O) groups excluding carboxylic acids is 1. The van der Waals surface area contributed by atoms with Crippen molar-refractivity contribution in [3.63, 3.8) is 0 Å². The minimum atomic E-state index is -0.190. The minimum Gasteiger partial charge on any atom is -0.368 e. The molecule has 1 amide bonds. The number of nitrogens with zero attached hydrogens (tertiary/aromatic N) is 2. The number of ether oxygens (including phenoxy) is 1. The molecule has 0 radical (unpaired) electrons. The average molecular weight is 308 g/mol. The molecule has 2 fully saturated rings. The molecular formula is C16H24N2O2S. The molecule has 3 rings (SSSR count). The lowest BCUT2D eigenvalue weighted by atomic mass is 9.81. The maximum Gasteiger partial charge on any atom is 0.251 e. The number of likely N-dealkylation sites (tertiary alicyclic amines) is 1. The highest BCUT2D eigenvalue weighted by atomic mass is 32.1. The predicted molar refractivity (Wildman–Crippen MR) is 83.6 cm³/mol. The van der Waals surface area contributed by atoms with E-state index < -0.39 is 0 Å². The smallest absolute Gasteiger partial charge is 0.251 e. The summed E-state index contributed by atoms with van der Waals surface area (Å²) in [6.07, 6.45) is 6.85. The van der Waals surface area contributed by atoms with Crippen molar-refractivity contribution in [2.45, 2.75) is 57.5 Å². The number of hydrogen-bond acceptors (Lipinski definition) is 4. The first kappa shape index (κ1) is 15.0. The van der Waals surface area contributed by atoms with E-state index in [1.165, 1.54) is 9.88 Å². The molecule has 2 aliphatic heterocycles. The van der Waals surface area contributed by atoms with Crippen molar-refractivity contribution in [2.24, 2.45) is 0 Å². The molecule has 21 heavy (non-hydrogen) atoms. The monoisotopic (exact) mass is 308 g/mol. The molecule has 1 atom stereocenters. The highest BCUT2D eigenvalue weighted by Crippen LogP contribution is 2.37. The SMILES string of the molecule is Cc1cnc(C2(C)CCN(C(=O)[C@H]3CCCCO3)CC2)s1. The lowest BCUT2D eigenvalue weighted by Crippen LogP contribution is -2.48. The van der Waals surface area contributed by atoms with Crippen molar-refractivity contribution in [2.75, 3.05) is 19.7 Å². The molecule has 3 heterocycles. The third-order valence-corrected chi connectivity index (χ3v) is 5.99. The van der Waals surface area contributed by atoms with Gasteiger partial charge in [-0.15, -0.1) is 11.3 Å². The van der Waals surface area contributed by atoms with Gasteiger partial charge in [0.15, 0.2) is 0 Å². The standard InChI is InChI=1S/C16H24N2O2S/c1-12-11-17-15(21-12)16(2)6-8-18(9-7-16)14(19)13-5-3-4-10-20-13/h11,13H,3-10H2,1-2H3/t13-/m1/s1. The van der Waals surface area contributed by atoms with E-state index >= 15 is 0 Å². The molecule has 5 heteroatoms. The van der Waals surface area contributed by atoms with Crippen LogP contribution in [0.2, 0.25) is 0 Å². The average Bonchev–Trinajstić information content (AvgIpc) is 2.96. The molecule has 0 saturated carbocycles. The van der Waals surface area contributed by atoms with Gasteiger partial charge in [0.2, 0.25) is 0 Å². The van der Waals surface area contributed by atoms with E-state index in [0.29, 0.717) is 0 Å². The molecule has 0 spiro atoms. The fraction of sp³-hybridized carbons (Fsp3) is 0.750. The normalized spacial score (nSPS) is 25.8. The summed E-state index contributed by atoms with van der Waals surface area (Å²) in [7, 11) is 0. The molecular weight excluding hydrogens is 284 g/mol. The fourth-order valence-corrected chi connectivity index (χ4v) is 4.17. The van der Waals surface area contributed by atoms with E-state index in [-0.39, 0.29) is 17.4 Å². The van der Waals surface area contributed by atoms with E-state index in [9.17, 15) is 4.79 Å². The first-order chi connectivity index (χ1) is 10.1. The van der Waals surface area contributed by atoms with Crippen LogP contribution in [0.15, 0.2) is 6.20 Å². The van der Waals surface area contributed by atoms with Crippen molar-refractivity contribution in [1.82, 2.24) is 9.88 Å². The Labute approximate surface area is 130 Å². The summed E-state index contributed by atoms with van der Waals surface area (Å²) in [4.78, 5) is 20.3. The molecule has 0 N–H and O–H groups in total. The molecule has 2 saturated heterocycles. The number of aryl methyl sites for hydroxylation is 1. The van der Waals surface area contributed by atoms with E-state index in [0.717, 1.165) is 51.8 Å². The van der Waals surface area contributed by atoms with E-state index in [1.54, 1.807) is 11.3 Å². The van der Waals surface area contributed by atoms with Crippen LogP contribution in [0.3, 0.4) is 0 Å². The quantitative estimate of drug-likeness (QED) is 0.843. The first-order valence-electron chi connectivity index (χ1n) is 7.92. The van der Waals surface area contributed by atoms with Gasteiger partial charge in [-0.05, 0) is 39.0 Å². The van der Waals surface area contributed by atoms with Gasteiger partial charge in [0, 0.05) is 36.2 Å². The summed E-state index contributed by atoms with van der Waals surface area (Å²) in [5, 5.41) is 1.22. The number of thiazole rings is 1. The van der Waals surface area contributed by atoms with Crippen LogP contribution >= 0.6 is 11.3 Å². The van der Waals surface area contributed by atoms with E-state index in [4.69, 9.17) is 4.74 Å². The maximum atomic E-state index is 12.5. The third-order valence-electron chi connectivity index (χ3n) is 4.77. The van der Waals surface area contributed by atoms with Gasteiger partial charge in [0.25, 0.3) is 5.91 Å². The summed E-state index contributed by atoms with van der Waals surface area (Å²) < 4.78 is 5.63. The Morgan fingerprint density at radius 3 is 2.76 bits per heavy atom. The fourth-order valence-electron chi connectivity index (χ4n) is 3.21. The van der Waals surface area contributed by atoms with Crippen LogP contribution in [0.25, 0.3) is 0 Å². The van der Waals surface area contributed by atoms with Gasteiger partial charge in [0.1, 0.15) is 6.10 Å². The van der Waals surface area contributed by atoms with Crippen molar-refractivity contribution in [3.05, 3.63) is 16.1 Å². The Balaban J connectivity index is 1.60. The lowest BCUT2D eigenvalue weighted by molar-refractivity contribution is -0.148. The molecule has 4 nitrogen and oxygen atoms in total. The molecule has 0 bridgehead atoms. The Kier molecular flexibility index (Phi) is 4.31. The third kappa shape index (κ3) is 3.14. The number of hydrogen-bond donors (Lipinski definition) is 0. The van der Waals surface area contributed by atoms with Gasteiger partial charge in [-0.25, -0.2) is 4.98 Å². The highest BCUT2D eigenvalue weighted by Gasteiger charge is 2.37. The zero-order chi connectivity index (χ0) is 14.9. The van der Waals surface area contributed by atoms with E-state index in [2.05, 4.69) is 18.8 Å². The first-order valence-corrected chi connectivity index (χ1v) is 8.73.